The molecular formula is C14H15ClN2O2. The van der Waals surface area contributed by atoms with E-state index in [1.165, 1.54) is 6.92 Å². The molecule has 1 aromatic heterocycles. The molecule has 0 fully saturated rings. The minimum atomic E-state index is -0.00611. The monoisotopic (exact) mass is 278 g/mol. The second-order valence-electron chi connectivity index (χ2n) is 4.38. The Balaban J connectivity index is 2.65. The average molecular weight is 279 g/mol. The summed E-state index contributed by atoms with van der Waals surface area (Å²) in [7, 11) is 1.58. The second kappa shape index (κ2) is 5.05. The molecular weight excluding hydrogens is 264 g/mol. The lowest BCUT2D eigenvalue weighted by Gasteiger charge is -2.12. The highest BCUT2D eigenvalue weighted by Gasteiger charge is 2.15. The molecule has 0 saturated carbocycles. The molecule has 0 atom stereocenters. The van der Waals surface area contributed by atoms with Crippen molar-refractivity contribution in [3.05, 3.63) is 40.2 Å². The van der Waals surface area contributed by atoms with Gasteiger partial charge in [-0.05, 0) is 32.4 Å². The predicted molar refractivity (Wildman–Crippen MR) is 74.6 cm³/mol. The van der Waals surface area contributed by atoms with Gasteiger partial charge in [0.05, 0.1) is 24.6 Å². The Kier molecular flexibility index (Phi) is 3.62. The van der Waals surface area contributed by atoms with Gasteiger partial charge in [0.2, 0.25) is 0 Å². The van der Waals surface area contributed by atoms with Gasteiger partial charge in [-0.1, -0.05) is 11.6 Å². The van der Waals surface area contributed by atoms with Crippen LogP contribution in [0.4, 0.5) is 0 Å². The Bertz CT molecular complexity index is 647. The Morgan fingerprint density at radius 3 is 2.58 bits per heavy atom. The van der Waals surface area contributed by atoms with Crippen molar-refractivity contribution in [1.82, 2.24) is 9.78 Å². The van der Waals surface area contributed by atoms with Crippen LogP contribution in [0.15, 0.2) is 18.3 Å². The molecule has 5 heteroatoms. The van der Waals surface area contributed by atoms with Crippen LogP contribution in [0.3, 0.4) is 0 Å². The summed E-state index contributed by atoms with van der Waals surface area (Å²) in [6.45, 7) is 5.29. The number of nitrogens with zero attached hydrogens (tertiary/aromatic N) is 2. The molecule has 19 heavy (non-hydrogen) atoms. The predicted octanol–water partition coefficient (Wildman–Crippen LogP) is 3.35. The van der Waals surface area contributed by atoms with Gasteiger partial charge in [0, 0.05) is 11.1 Å². The molecule has 0 unspecified atom stereocenters. The Hall–Kier alpha value is -1.81. The van der Waals surface area contributed by atoms with E-state index in [9.17, 15) is 4.79 Å². The number of carbonyl (C=O) groups excluding carboxylic acids is 1. The van der Waals surface area contributed by atoms with E-state index in [0.717, 1.165) is 16.9 Å². The van der Waals surface area contributed by atoms with Gasteiger partial charge >= 0.3 is 0 Å². The number of methoxy groups -OCH3 is 1. The lowest BCUT2D eigenvalue weighted by molar-refractivity contribution is 0.101. The summed E-state index contributed by atoms with van der Waals surface area (Å²) in [5.74, 6) is 0.616. The van der Waals surface area contributed by atoms with Crippen molar-refractivity contribution in [3.63, 3.8) is 0 Å². The van der Waals surface area contributed by atoms with Gasteiger partial charge in [-0.15, -0.1) is 0 Å². The van der Waals surface area contributed by atoms with Crippen LogP contribution in [0.5, 0.6) is 5.75 Å². The molecule has 100 valence electrons. The molecule has 0 amide bonds. The van der Waals surface area contributed by atoms with Crippen LogP contribution in [-0.2, 0) is 0 Å². The first-order valence-corrected chi connectivity index (χ1v) is 6.23. The molecule has 0 radical (unpaired) electrons. The van der Waals surface area contributed by atoms with Crippen LogP contribution >= 0.6 is 11.6 Å². The Morgan fingerprint density at radius 1 is 1.37 bits per heavy atom. The van der Waals surface area contributed by atoms with Crippen LogP contribution in [-0.4, -0.2) is 22.7 Å². The number of halogens is 1. The maximum Gasteiger partial charge on any atom is 0.163 e. The molecule has 0 bridgehead atoms. The SMILES string of the molecule is COc1cc(Cl)c(C)cc1-n1ncc(C(C)=O)c1C. The summed E-state index contributed by atoms with van der Waals surface area (Å²) in [6, 6.07) is 3.64. The molecule has 0 saturated heterocycles. The Labute approximate surface area is 116 Å². The van der Waals surface area contributed by atoms with Crippen LogP contribution in [0.1, 0.15) is 28.5 Å². The number of Topliss-reactive ketones (excluding diaryl/α,β-unsaturated/α-hetero) is 1. The lowest BCUT2D eigenvalue weighted by Crippen LogP contribution is -2.04. The van der Waals surface area contributed by atoms with E-state index >= 15 is 0 Å². The fourth-order valence-corrected chi connectivity index (χ4v) is 2.13. The van der Waals surface area contributed by atoms with Crippen LogP contribution in [0.25, 0.3) is 5.69 Å². The third kappa shape index (κ3) is 2.36. The van der Waals surface area contributed by atoms with Crippen molar-refractivity contribution in [2.24, 2.45) is 0 Å². The van der Waals surface area contributed by atoms with E-state index in [0.29, 0.717) is 16.3 Å². The van der Waals surface area contributed by atoms with Crippen molar-refractivity contribution in [1.29, 1.82) is 0 Å². The van der Waals surface area contributed by atoms with Crippen LogP contribution in [0.2, 0.25) is 5.02 Å². The summed E-state index contributed by atoms with van der Waals surface area (Å²) in [4.78, 5) is 11.5. The molecule has 2 rings (SSSR count). The highest BCUT2D eigenvalue weighted by molar-refractivity contribution is 6.31. The minimum absolute atomic E-state index is 0.00611. The first kappa shape index (κ1) is 13.6. The summed E-state index contributed by atoms with van der Waals surface area (Å²) < 4.78 is 7.02. The highest BCUT2D eigenvalue weighted by atomic mass is 35.5. The third-order valence-corrected chi connectivity index (χ3v) is 3.48. The zero-order valence-corrected chi connectivity index (χ0v) is 12.1. The van der Waals surface area contributed by atoms with Crippen LogP contribution in [0, 0.1) is 13.8 Å². The molecule has 0 aliphatic carbocycles. The molecule has 0 spiro atoms. The van der Waals surface area contributed by atoms with E-state index in [1.54, 1.807) is 24.1 Å². The minimum Gasteiger partial charge on any atom is -0.494 e. The molecule has 0 N–H and O–H groups in total. The zero-order chi connectivity index (χ0) is 14.2. The van der Waals surface area contributed by atoms with Crippen molar-refractivity contribution in [3.8, 4) is 11.4 Å². The quantitative estimate of drug-likeness (QED) is 0.809. The van der Waals surface area contributed by atoms with E-state index in [1.807, 2.05) is 19.9 Å². The number of ketones is 1. The van der Waals surface area contributed by atoms with E-state index in [-0.39, 0.29) is 5.78 Å². The maximum absolute atomic E-state index is 11.5. The number of rotatable bonds is 3. The summed E-state index contributed by atoms with van der Waals surface area (Å²) in [6.07, 6.45) is 1.57. The fraction of sp³-hybridized carbons (Fsp3) is 0.286. The molecule has 4 nitrogen and oxygen atoms in total. The third-order valence-electron chi connectivity index (χ3n) is 3.08. The van der Waals surface area contributed by atoms with E-state index in [2.05, 4.69) is 5.10 Å². The van der Waals surface area contributed by atoms with Gasteiger partial charge in [0.15, 0.2) is 5.78 Å². The first-order valence-electron chi connectivity index (χ1n) is 5.85. The Morgan fingerprint density at radius 2 is 2.05 bits per heavy atom. The molecule has 1 aromatic carbocycles. The number of benzene rings is 1. The van der Waals surface area contributed by atoms with Crippen molar-refractivity contribution < 1.29 is 9.53 Å². The van der Waals surface area contributed by atoms with Gasteiger partial charge in [0.25, 0.3) is 0 Å². The standard InChI is InChI=1S/C14H15ClN2O2/c1-8-5-13(14(19-4)6-12(8)15)17-9(2)11(7-16-17)10(3)18/h5-7H,1-4H3. The lowest BCUT2D eigenvalue weighted by atomic mass is 10.1. The van der Waals surface area contributed by atoms with Gasteiger partial charge < -0.3 is 4.74 Å². The number of aromatic nitrogens is 2. The largest absolute Gasteiger partial charge is 0.494 e. The number of aryl methyl sites for hydroxylation is 1. The van der Waals surface area contributed by atoms with Gasteiger partial charge in [-0.3, -0.25) is 4.79 Å². The number of hydrogen-bond donors (Lipinski definition) is 0. The topological polar surface area (TPSA) is 44.1 Å². The summed E-state index contributed by atoms with van der Waals surface area (Å²) in [5.41, 5.74) is 3.09. The van der Waals surface area contributed by atoms with Crippen LogP contribution < -0.4 is 4.74 Å². The van der Waals surface area contributed by atoms with Gasteiger partial charge in [0.1, 0.15) is 11.4 Å². The maximum atomic E-state index is 11.5. The smallest absolute Gasteiger partial charge is 0.163 e. The summed E-state index contributed by atoms with van der Waals surface area (Å²) in [5, 5.41) is 4.90. The molecule has 0 aliphatic heterocycles. The number of carbonyl (C=O) groups is 1. The van der Waals surface area contributed by atoms with Gasteiger partial charge in [-0.25, -0.2) is 4.68 Å². The molecule has 1 heterocycles. The molecule has 2 aromatic rings. The van der Waals surface area contributed by atoms with Crippen molar-refractivity contribution in [2.75, 3.05) is 7.11 Å². The van der Waals surface area contributed by atoms with E-state index in [4.69, 9.17) is 16.3 Å². The first-order chi connectivity index (χ1) is 8.95. The second-order valence-corrected chi connectivity index (χ2v) is 4.79. The van der Waals surface area contributed by atoms with Gasteiger partial charge in [-0.2, -0.15) is 5.10 Å². The van der Waals surface area contributed by atoms with E-state index < -0.39 is 0 Å². The average Bonchev–Trinajstić information content (AvgIpc) is 2.74. The molecule has 0 aliphatic rings. The fourth-order valence-electron chi connectivity index (χ4n) is 1.98. The van der Waals surface area contributed by atoms with Crippen molar-refractivity contribution >= 4 is 17.4 Å². The normalized spacial score (nSPS) is 10.6. The van der Waals surface area contributed by atoms with Crippen molar-refractivity contribution in [2.45, 2.75) is 20.8 Å². The zero-order valence-electron chi connectivity index (χ0n) is 11.3. The number of ether oxygens (including phenoxy) is 1. The summed E-state index contributed by atoms with van der Waals surface area (Å²) >= 11 is 6.08. The number of hydrogen-bond acceptors (Lipinski definition) is 3. The highest BCUT2D eigenvalue weighted by Crippen LogP contribution is 2.30.